The third-order valence-corrected chi connectivity index (χ3v) is 9.04. The average molecular weight is 697 g/mol. The van der Waals surface area contributed by atoms with E-state index in [2.05, 4.69) is 17.1 Å². The van der Waals surface area contributed by atoms with E-state index in [1.54, 1.807) is 26.6 Å². The molecule has 3 aromatic carbocycles. The van der Waals surface area contributed by atoms with Crippen LogP contribution in [-0.4, -0.2) is 75.7 Å². The molecular formula is C40H44N2O9. The number of esters is 1. The molecule has 1 fully saturated rings. The van der Waals surface area contributed by atoms with E-state index in [1.807, 2.05) is 42.5 Å². The molecule has 5 rings (SSSR count). The lowest BCUT2D eigenvalue weighted by Crippen LogP contribution is -2.51. The number of Topliss-reactive ketones (excluding diaryl/α,β-unsaturated/α-hetero) is 1. The first-order chi connectivity index (χ1) is 24.8. The Morgan fingerprint density at radius 2 is 1.45 bits per heavy atom. The zero-order valence-corrected chi connectivity index (χ0v) is 29.7. The number of amides is 1. The summed E-state index contributed by atoms with van der Waals surface area (Å²) in [5.74, 6) is -0.187. The molecule has 51 heavy (non-hydrogen) atoms. The largest absolute Gasteiger partial charge is 0.496 e. The zero-order chi connectivity index (χ0) is 36.3. The Morgan fingerprint density at radius 1 is 0.784 bits per heavy atom. The predicted molar refractivity (Wildman–Crippen MR) is 191 cm³/mol. The molecule has 1 amide bonds. The first-order valence-electron chi connectivity index (χ1n) is 16.9. The fraction of sp³-hybridized carbons (Fsp3) is 0.350. The van der Waals surface area contributed by atoms with Crippen LogP contribution in [0.4, 0.5) is 0 Å². The summed E-state index contributed by atoms with van der Waals surface area (Å²) >= 11 is 0. The van der Waals surface area contributed by atoms with E-state index in [4.69, 9.17) is 28.4 Å². The summed E-state index contributed by atoms with van der Waals surface area (Å²) in [6.07, 6.45) is 6.42. The molecule has 1 saturated heterocycles. The average Bonchev–Trinajstić information content (AvgIpc) is 3.19. The van der Waals surface area contributed by atoms with Crippen LogP contribution in [0.1, 0.15) is 59.7 Å². The molecule has 11 heteroatoms. The van der Waals surface area contributed by atoms with Crippen LogP contribution < -0.4 is 23.7 Å². The van der Waals surface area contributed by atoms with E-state index in [-0.39, 0.29) is 23.6 Å². The normalized spacial score (nSPS) is 14.6. The molecule has 4 aromatic rings. The van der Waals surface area contributed by atoms with Crippen molar-refractivity contribution in [3.8, 4) is 39.9 Å². The highest BCUT2D eigenvalue weighted by Gasteiger charge is 2.38. The minimum atomic E-state index is -0.945. The number of pyridine rings is 1. The lowest BCUT2D eigenvalue weighted by molar-refractivity contribution is -0.161. The van der Waals surface area contributed by atoms with Gasteiger partial charge in [0.05, 0.1) is 41.1 Å². The van der Waals surface area contributed by atoms with Crippen LogP contribution in [0.3, 0.4) is 0 Å². The number of aryl methyl sites for hydroxylation is 1. The molecule has 0 radical (unpaired) electrons. The topological polar surface area (TPSA) is 123 Å². The summed E-state index contributed by atoms with van der Waals surface area (Å²) in [7, 11) is 7.49. The quantitative estimate of drug-likeness (QED) is 0.0757. The Morgan fingerprint density at radius 3 is 2.08 bits per heavy atom. The van der Waals surface area contributed by atoms with Crippen LogP contribution in [0.2, 0.25) is 0 Å². The number of benzene rings is 3. The van der Waals surface area contributed by atoms with Crippen LogP contribution in [0.15, 0.2) is 79.1 Å². The summed E-state index contributed by atoms with van der Waals surface area (Å²) in [6, 6.07) is 19.5. The van der Waals surface area contributed by atoms with E-state index < -0.39 is 29.8 Å². The Bertz CT molecular complexity index is 1780. The molecule has 2 atom stereocenters. The number of rotatable bonds is 15. The highest BCUT2D eigenvalue weighted by atomic mass is 16.5. The Labute approximate surface area is 298 Å². The van der Waals surface area contributed by atoms with Gasteiger partial charge in [0, 0.05) is 35.6 Å². The number of likely N-dealkylation sites (tertiary alicyclic amines) is 1. The molecule has 1 aromatic heterocycles. The van der Waals surface area contributed by atoms with Crippen molar-refractivity contribution < 1.29 is 42.8 Å². The first kappa shape index (κ1) is 36.7. The van der Waals surface area contributed by atoms with Crippen molar-refractivity contribution in [1.29, 1.82) is 0 Å². The van der Waals surface area contributed by atoms with Gasteiger partial charge >= 0.3 is 5.97 Å². The number of hydrogen-bond acceptors (Lipinski definition) is 10. The van der Waals surface area contributed by atoms with Crippen molar-refractivity contribution in [3.63, 3.8) is 0 Å². The minimum Gasteiger partial charge on any atom is -0.496 e. The smallest absolute Gasteiger partial charge is 0.329 e. The van der Waals surface area contributed by atoms with E-state index in [0.29, 0.717) is 48.5 Å². The van der Waals surface area contributed by atoms with Crippen molar-refractivity contribution in [2.75, 3.05) is 42.1 Å². The van der Waals surface area contributed by atoms with Crippen molar-refractivity contribution in [1.82, 2.24) is 9.88 Å². The number of carbonyl (C=O) groups excluding carboxylic acids is 3. The summed E-state index contributed by atoms with van der Waals surface area (Å²) in [6.45, 7) is 0.234. The predicted octanol–water partition coefficient (Wildman–Crippen LogP) is 6.66. The van der Waals surface area contributed by atoms with Gasteiger partial charge in [-0.1, -0.05) is 36.4 Å². The van der Waals surface area contributed by atoms with E-state index in [0.717, 1.165) is 24.0 Å². The molecule has 0 unspecified atom stereocenters. The maximum Gasteiger partial charge on any atom is 0.329 e. The van der Waals surface area contributed by atoms with Crippen molar-refractivity contribution >= 4 is 17.7 Å². The number of carbonyl (C=O) groups is 3. The highest BCUT2D eigenvalue weighted by Crippen LogP contribution is 2.40. The van der Waals surface area contributed by atoms with E-state index >= 15 is 0 Å². The molecule has 11 nitrogen and oxygen atoms in total. The molecule has 1 aliphatic heterocycles. The molecule has 0 spiro atoms. The number of aromatic nitrogens is 1. The summed E-state index contributed by atoms with van der Waals surface area (Å²) < 4.78 is 33.7. The number of piperidine rings is 1. The van der Waals surface area contributed by atoms with Crippen LogP contribution in [0.5, 0.6) is 28.7 Å². The number of ether oxygens (including phenoxy) is 6. The van der Waals surface area contributed by atoms with Gasteiger partial charge in [-0.15, -0.1) is 0 Å². The molecule has 0 bridgehead atoms. The van der Waals surface area contributed by atoms with Gasteiger partial charge in [0.1, 0.15) is 23.6 Å². The second-order valence-electron chi connectivity index (χ2n) is 12.1. The first-order valence-corrected chi connectivity index (χ1v) is 16.9. The van der Waals surface area contributed by atoms with Gasteiger partial charge in [-0.25, -0.2) is 4.79 Å². The van der Waals surface area contributed by atoms with Crippen LogP contribution in [0.25, 0.3) is 11.1 Å². The van der Waals surface area contributed by atoms with Gasteiger partial charge < -0.3 is 33.3 Å². The van der Waals surface area contributed by atoms with Crippen LogP contribution in [-0.2, 0) is 20.7 Å². The lowest BCUT2D eigenvalue weighted by atomic mass is 9.97. The zero-order valence-electron chi connectivity index (χ0n) is 29.7. The number of nitrogens with zero attached hydrogens (tertiary/aromatic N) is 2. The molecule has 0 N–H and O–H groups in total. The second-order valence-corrected chi connectivity index (χ2v) is 12.1. The van der Waals surface area contributed by atoms with Crippen LogP contribution >= 0.6 is 0 Å². The van der Waals surface area contributed by atoms with E-state index in [9.17, 15) is 14.4 Å². The molecule has 2 heterocycles. The fourth-order valence-electron chi connectivity index (χ4n) is 6.44. The Balaban J connectivity index is 1.42. The highest BCUT2D eigenvalue weighted by molar-refractivity contribution is 6.43. The molecule has 1 aliphatic rings. The van der Waals surface area contributed by atoms with Gasteiger partial charge in [0.25, 0.3) is 11.7 Å². The number of methoxy groups -OCH3 is 5. The van der Waals surface area contributed by atoms with Crippen LogP contribution in [0, 0.1) is 0 Å². The summed E-state index contributed by atoms with van der Waals surface area (Å²) in [4.78, 5) is 47.3. The number of ketones is 1. The maximum atomic E-state index is 14.1. The van der Waals surface area contributed by atoms with Gasteiger partial charge in [-0.3, -0.25) is 14.6 Å². The third-order valence-electron chi connectivity index (χ3n) is 9.04. The van der Waals surface area contributed by atoms with Gasteiger partial charge in [0.15, 0.2) is 11.5 Å². The monoisotopic (exact) mass is 696 g/mol. The molecule has 0 saturated carbocycles. The Hall–Kier alpha value is -5.58. The van der Waals surface area contributed by atoms with Crippen molar-refractivity contribution in [2.45, 2.75) is 50.7 Å². The van der Waals surface area contributed by atoms with Crippen molar-refractivity contribution in [2.24, 2.45) is 0 Å². The maximum absolute atomic E-state index is 14.1. The molecule has 0 aliphatic carbocycles. The summed E-state index contributed by atoms with van der Waals surface area (Å²) in [5.41, 5.74) is 3.36. The SMILES string of the molecule is COc1cc(C(=O)C(=O)N2CCCC[C@H]2C(=O)O[C@H](CCCc2ccccc2)c2cncc(-c3c(OC)cccc3OC)c2)cc(OC)c1OC. The summed E-state index contributed by atoms with van der Waals surface area (Å²) in [5, 5.41) is 0. The molecular weight excluding hydrogens is 652 g/mol. The molecule has 268 valence electrons. The standard InChI is InChI=1S/C40H44N2O9/c1-46-32-18-12-19-33(47-2)36(32)29-21-28(24-41-25-29)31(17-11-15-26-13-7-6-8-14-26)51-40(45)30-16-9-10-20-42(30)39(44)37(43)27-22-34(48-3)38(50-5)35(23-27)49-4/h6-8,12-14,18-19,21-25,30-31H,9-11,15-17,20H2,1-5H3/t30-,31+/m0/s1. The van der Waals surface area contributed by atoms with Gasteiger partial charge in [0.2, 0.25) is 5.75 Å². The van der Waals surface area contributed by atoms with Gasteiger partial charge in [-0.05, 0) is 74.4 Å². The number of hydrogen-bond donors (Lipinski definition) is 0. The van der Waals surface area contributed by atoms with Gasteiger partial charge in [-0.2, -0.15) is 0 Å². The Kier molecular flexibility index (Phi) is 12.5. The second kappa shape index (κ2) is 17.4. The minimum absolute atomic E-state index is 0.0561. The third kappa shape index (κ3) is 8.42. The fourth-order valence-corrected chi connectivity index (χ4v) is 6.44. The lowest BCUT2D eigenvalue weighted by Gasteiger charge is -2.34. The van der Waals surface area contributed by atoms with Crippen molar-refractivity contribution in [3.05, 3.63) is 95.8 Å². The van der Waals surface area contributed by atoms with E-state index in [1.165, 1.54) is 43.9 Å².